The average Bonchev–Trinajstić information content (AvgIpc) is 3.21. The normalized spacial score (nSPS) is 18.1. The summed E-state index contributed by atoms with van der Waals surface area (Å²) in [5, 5.41) is 21.1. The van der Waals surface area contributed by atoms with E-state index in [-0.39, 0.29) is 11.4 Å². The molecule has 4 rings (SSSR count). The molecule has 0 aliphatic carbocycles. The molecule has 1 saturated heterocycles. The predicted molar refractivity (Wildman–Crippen MR) is 136 cm³/mol. The van der Waals surface area contributed by atoms with Crippen molar-refractivity contribution < 1.29 is 18.3 Å². The molecule has 3 aromatic carbocycles. The second-order valence-electron chi connectivity index (χ2n) is 7.96. The summed E-state index contributed by atoms with van der Waals surface area (Å²) in [5.41, 5.74) is 1.13. The number of amides is 1. The van der Waals surface area contributed by atoms with E-state index >= 15 is 0 Å². The highest BCUT2D eigenvalue weighted by Crippen LogP contribution is 2.41. The number of nitrogens with one attached hydrogen (secondary N) is 1. The van der Waals surface area contributed by atoms with Crippen LogP contribution in [0.2, 0.25) is 0 Å². The van der Waals surface area contributed by atoms with Crippen molar-refractivity contribution in [2.75, 3.05) is 18.5 Å². The summed E-state index contributed by atoms with van der Waals surface area (Å²) in [7, 11) is -2.41. The Morgan fingerprint density at radius 3 is 2.65 bits per heavy atom. The highest BCUT2D eigenvalue weighted by atomic mass is 79.9. The Labute approximate surface area is 214 Å². The maximum absolute atomic E-state index is 13.1. The smallest absolute Gasteiger partial charge is 0.411 e. The van der Waals surface area contributed by atoms with Crippen LogP contribution in [0, 0.1) is 11.5 Å². The summed E-state index contributed by atoms with van der Waals surface area (Å²) in [6, 6.07) is 15.0. The zero-order chi connectivity index (χ0) is 24.6. The van der Waals surface area contributed by atoms with Gasteiger partial charge in [-0.1, -0.05) is 52.3 Å². The monoisotopic (exact) mass is 606 g/mol. The quantitative estimate of drug-likeness (QED) is 0.392. The number of fused-ring (bicyclic) bond motifs is 1. The van der Waals surface area contributed by atoms with Gasteiger partial charge in [0, 0.05) is 34.0 Å². The van der Waals surface area contributed by atoms with Crippen molar-refractivity contribution in [3.05, 3.63) is 69.1 Å². The van der Waals surface area contributed by atoms with Crippen LogP contribution in [0.3, 0.4) is 0 Å². The molecule has 0 spiro atoms. The molecule has 1 amide bonds. The fraction of sp³-hybridized carbons (Fsp3) is 0.217. The number of hydrogen-bond acceptors (Lipinski definition) is 5. The van der Waals surface area contributed by atoms with Crippen molar-refractivity contribution >= 4 is 64.4 Å². The summed E-state index contributed by atoms with van der Waals surface area (Å²) in [6.07, 6.45) is 1.32. The number of likely N-dealkylation sites (tertiary alicyclic amines) is 1. The van der Waals surface area contributed by atoms with Gasteiger partial charge in [-0.2, -0.15) is 5.26 Å². The lowest BCUT2D eigenvalue weighted by molar-refractivity contribution is 0.203. The van der Waals surface area contributed by atoms with E-state index < -0.39 is 28.2 Å². The topological polar surface area (TPSA) is 114 Å². The van der Waals surface area contributed by atoms with Crippen LogP contribution in [0.4, 0.5) is 10.5 Å². The number of halogens is 2. The lowest BCUT2D eigenvalue weighted by Gasteiger charge is -2.26. The molecule has 0 aromatic heterocycles. The Morgan fingerprint density at radius 2 is 1.94 bits per heavy atom. The Morgan fingerprint density at radius 1 is 1.21 bits per heavy atom. The van der Waals surface area contributed by atoms with E-state index in [1.165, 1.54) is 18.0 Å². The number of rotatable bonds is 5. The maximum Gasteiger partial charge on any atom is 0.411 e. The van der Waals surface area contributed by atoms with Gasteiger partial charge < -0.3 is 10.0 Å². The summed E-state index contributed by atoms with van der Waals surface area (Å²) < 4.78 is 29.9. The molecular weight excluding hydrogens is 588 g/mol. The molecule has 2 N–H and O–H groups in total. The van der Waals surface area contributed by atoms with Crippen LogP contribution < -0.4 is 9.62 Å². The van der Waals surface area contributed by atoms with Crippen molar-refractivity contribution in [2.45, 2.75) is 23.4 Å². The number of nitriles is 1. The minimum Gasteiger partial charge on any atom is -0.465 e. The van der Waals surface area contributed by atoms with Gasteiger partial charge in [-0.15, -0.1) is 0 Å². The molecule has 1 heterocycles. The van der Waals surface area contributed by atoms with Crippen molar-refractivity contribution in [1.82, 2.24) is 9.62 Å². The molecule has 1 aliphatic heterocycles. The SMILES string of the molecule is CN(C(=O)O)c1c([C@H]2C[C@@H](NS(=O)(=O)c3cc(Br)ccc3Br)CN2C#N)ccc2ccccc12. The third kappa shape index (κ3) is 4.63. The number of carboxylic acid groups (broad SMARTS) is 1. The van der Waals surface area contributed by atoms with E-state index in [0.717, 1.165) is 15.7 Å². The molecule has 1 fully saturated rings. The fourth-order valence-electron chi connectivity index (χ4n) is 4.30. The molecule has 3 aromatic rings. The van der Waals surface area contributed by atoms with Crippen LogP contribution in [-0.4, -0.2) is 44.2 Å². The van der Waals surface area contributed by atoms with Gasteiger partial charge in [0.2, 0.25) is 10.0 Å². The molecule has 0 unspecified atom stereocenters. The van der Waals surface area contributed by atoms with E-state index in [1.54, 1.807) is 12.1 Å². The Balaban J connectivity index is 1.72. The van der Waals surface area contributed by atoms with Gasteiger partial charge in [0.25, 0.3) is 0 Å². The Bertz CT molecular complexity index is 1420. The molecule has 0 saturated carbocycles. The lowest BCUT2D eigenvalue weighted by atomic mass is 9.96. The van der Waals surface area contributed by atoms with Crippen LogP contribution in [0.1, 0.15) is 18.0 Å². The van der Waals surface area contributed by atoms with Gasteiger partial charge in [-0.05, 0) is 51.5 Å². The molecule has 8 nitrogen and oxygen atoms in total. The van der Waals surface area contributed by atoms with Crippen LogP contribution in [0.25, 0.3) is 10.8 Å². The summed E-state index contributed by atoms with van der Waals surface area (Å²) in [5.74, 6) is 0. The molecule has 2 atom stereocenters. The minimum absolute atomic E-state index is 0.0887. The van der Waals surface area contributed by atoms with E-state index in [2.05, 4.69) is 42.8 Å². The van der Waals surface area contributed by atoms with Crippen molar-refractivity contribution in [3.63, 3.8) is 0 Å². The van der Waals surface area contributed by atoms with Crippen LogP contribution in [-0.2, 0) is 10.0 Å². The molecule has 1 aliphatic rings. The zero-order valence-electron chi connectivity index (χ0n) is 17.9. The van der Waals surface area contributed by atoms with E-state index in [0.29, 0.717) is 26.6 Å². The predicted octanol–water partition coefficient (Wildman–Crippen LogP) is 5.05. The van der Waals surface area contributed by atoms with E-state index in [4.69, 9.17) is 0 Å². The van der Waals surface area contributed by atoms with Gasteiger partial charge >= 0.3 is 6.09 Å². The van der Waals surface area contributed by atoms with Gasteiger partial charge in [0.15, 0.2) is 6.19 Å². The summed E-state index contributed by atoms with van der Waals surface area (Å²) in [6.45, 7) is 0.162. The number of hydrogen-bond donors (Lipinski definition) is 2. The number of sulfonamides is 1. The van der Waals surface area contributed by atoms with E-state index in [9.17, 15) is 23.6 Å². The summed E-state index contributed by atoms with van der Waals surface area (Å²) in [4.78, 5) is 14.6. The second kappa shape index (κ2) is 9.54. The third-order valence-corrected chi connectivity index (χ3v) is 8.85. The van der Waals surface area contributed by atoms with Crippen LogP contribution >= 0.6 is 31.9 Å². The minimum atomic E-state index is -3.88. The highest BCUT2D eigenvalue weighted by molar-refractivity contribution is 9.11. The van der Waals surface area contributed by atoms with Crippen molar-refractivity contribution in [3.8, 4) is 6.19 Å². The lowest BCUT2D eigenvalue weighted by Crippen LogP contribution is -2.36. The van der Waals surface area contributed by atoms with Gasteiger partial charge in [-0.25, -0.2) is 17.9 Å². The van der Waals surface area contributed by atoms with Crippen LogP contribution in [0.15, 0.2) is 68.4 Å². The average molecular weight is 608 g/mol. The highest BCUT2D eigenvalue weighted by Gasteiger charge is 2.37. The molecule has 176 valence electrons. The fourth-order valence-corrected chi connectivity index (χ4v) is 7.05. The van der Waals surface area contributed by atoms with Crippen molar-refractivity contribution in [1.29, 1.82) is 5.26 Å². The molecule has 34 heavy (non-hydrogen) atoms. The largest absolute Gasteiger partial charge is 0.465 e. The Kier molecular flexibility index (Phi) is 6.87. The first kappa shape index (κ1) is 24.5. The number of nitrogens with zero attached hydrogens (tertiary/aromatic N) is 3. The van der Waals surface area contributed by atoms with E-state index in [1.807, 2.05) is 36.4 Å². The number of benzene rings is 3. The number of anilines is 1. The van der Waals surface area contributed by atoms with Gasteiger partial charge in [-0.3, -0.25) is 4.90 Å². The van der Waals surface area contributed by atoms with Crippen LogP contribution in [0.5, 0.6) is 0 Å². The van der Waals surface area contributed by atoms with Gasteiger partial charge in [0.05, 0.1) is 16.6 Å². The summed E-state index contributed by atoms with van der Waals surface area (Å²) >= 11 is 6.59. The molecule has 0 bridgehead atoms. The molecular formula is C23H20Br2N4O4S. The molecule has 0 radical (unpaired) electrons. The standard InChI is InChI=1S/C23H20Br2N4O4S/c1-28(23(30)31)22-17-5-3-2-4-14(17)6-8-18(22)20-11-16(12-29(20)13-26)27-34(32,33)21-10-15(24)7-9-19(21)25/h2-10,16,20,27H,11-12H2,1H3,(H,30,31)/t16-,20-/m1/s1. The first-order valence-corrected chi connectivity index (χ1v) is 13.3. The second-order valence-corrected chi connectivity index (χ2v) is 11.4. The first-order chi connectivity index (χ1) is 16.1. The maximum atomic E-state index is 13.1. The van der Waals surface area contributed by atoms with Gasteiger partial charge in [0.1, 0.15) is 0 Å². The Hall–Kier alpha value is -2.65. The number of carbonyl (C=O) groups is 1. The third-order valence-electron chi connectivity index (χ3n) is 5.85. The van der Waals surface area contributed by atoms with Crippen molar-refractivity contribution in [2.24, 2.45) is 0 Å². The first-order valence-electron chi connectivity index (χ1n) is 10.2. The molecule has 11 heteroatoms. The zero-order valence-corrected chi connectivity index (χ0v) is 21.9.